The Labute approximate surface area is 172 Å². The van der Waals surface area contributed by atoms with Gasteiger partial charge in [-0.1, -0.05) is 18.2 Å². The highest BCUT2D eigenvalue weighted by molar-refractivity contribution is 6.06. The Bertz CT molecular complexity index is 1230. The molecule has 1 aromatic heterocycles. The Hall–Kier alpha value is -4.26. The van der Waals surface area contributed by atoms with Crippen LogP contribution < -0.4 is 14.8 Å². The number of nitrogens with zero attached hydrogens (tertiary/aromatic N) is 1. The predicted octanol–water partition coefficient (Wildman–Crippen LogP) is 4.70. The normalized spacial score (nSPS) is 10.6. The predicted molar refractivity (Wildman–Crippen MR) is 113 cm³/mol. The van der Waals surface area contributed by atoms with Crippen molar-refractivity contribution in [1.82, 2.24) is 4.98 Å². The average molecular weight is 402 g/mol. The first-order valence-corrected chi connectivity index (χ1v) is 9.08. The monoisotopic (exact) mass is 402 g/mol. The fraction of sp³-hybridized carbons (Fsp3) is 0.0435. The standard InChI is InChI=1S/C23H18N2O5/c1-29-22-12-16-18(13-19(22)27)24-10-9-21(16)30-20-8-7-15(26)11-17(20)23(28)25-14-5-3-2-4-6-14/h2-13,26-27H,1H3,(H,25,28). The number of para-hydroxylation sites is 1. The fourth-order valence-corrected chi connectivity index (χ4v) is 3.01. The van der Waals surface area contributed by atoms with Crippen molar-refractivity contribution >= 4 is 22.5 Å². The summed E-state index contributed by atoms with van der Waals surface area (Å²) < 4.78 is 11.2. The highest BCUT2D eigenvalue weighted by Gasteiger charge is 2.17. The number of ether oxygens (including phenoxy) is 2. The first-order valence-electron chi connectivity index (χ1n) is 9.08. The third kappa shape index (κ3) is 3.81. The third-order valence-corrected chi connectivity index (χ3v) is 4.46. The number of aromatic nitrogens is 1. The van der Waals surface area contributed by atoms with E-state index in [1.54, 1.807) is 36.4 Å². The van der Waals surface area contributed by atoms with Crippen molar-refractivity contribution in [3.63, 3.8) is 0 Å². The number of methoxy groups -OCH3 is 1. The van der Waals surface area contributed by atoms with Gasteiger partial charge in [0.25, 0.3) is 5.91 Å². The van der Waals surface area contributed by atoms with Gasteiger partial charge >= 0.3 is 0 Å². The van der Waals surface area contributed by atoms with Crippen LogP contribution in [0.3, 0.4) is 0 Å². The topological polar surface area (TPSA) is 101 Å². The number of anilines is 1. The minimum atomic E-state index is -0.430. The van der Waals surface area contributed by atoms with Gasteiger partial charge in [-0.3, -0.25) is 9.78 Å². The molecule has 7 heteroatoms. The Morgan fingerprint density at radius 1 is 0.933 bits per heavy atom. The summed E-state index contributed by atoms with van der Waals surface area (Å²) >= 11 is 0. The molecular formula is C23H18N2O5. The van der Waals surface area contributed by atoms with Crippen LogP contribution in [0.2, 0.25) is 0 Å². The summed E-state index contributed by atoms with van der Waals surface area (Å²) in [5, 5.41) is 23.3. The number of carbonyl (C=O) groups excluding carboxylic acids is 1. The lowest BCUT2D eigenvalue weighted by Gasteiger charge is -2.14. The molecule has 150 valence electrons. The van der Waals surface area contributed by atoms with Crippen LogP contribution in [0.4, 0.5) is 5.69 Å². The van der Waals surface area contributed by atoms with E-state index < -0.39 is 5.91 Å². The third-order valence-electron chi connectivity index (χ3n) is 4.46. The summed E-state index contributed by atoms with van der Waals surface area (Å²) in [5.41, 5.74) is 1.28. The van der Waals surface area contributed by atoms with Gasteiger partial charge in [0.15, 0.2) is 11.5 Å². The Kier molecular flexibility index (Phi) is 5.09. The summed E-state index contributed by atoms with van der Waals surface area (Å²) in [5.74, 6) is 0.404. The minimum absolute atomic E-state index is 0.0396. The Balaban J connectivity index is 1.73. The van der Waals surface area contributed by atoms with Gasteiger partial charge in [-0.05, 0) is 42.5 Å². The molecule has 1 heterocycles. The Morgan fingerprint density at radius 3 is 2.50 bits per heavy atom. The number of nitrogens with one attached hydrogen (secondary N) is 1. The molecule has 0 aliphatic carbocycles. The van der Waals surface area contributed by atoms with Crippen LogP contribution in [-0.2, 0) is 0 Å². The molecule has 0 saturated carbocycles. The molecule has 3 aromatic carbocycles. The molecule has 0 aliphatic heterocycles. The van der Waals surface area contributed by atoms with Crippen molar-refractivity contribution in [1.29, 1.82) is 0 Å². The van der Waals surface area contributed by atoms with E-state index in [4.69, 9.17) is 9.47 Å². The molecule has 0 fully saturated rings. The number of pyridine rings is 1. The molecule has 0 unspecified atom stereocenters. The van der Waals surface area contributed by atoms with Gasteiger partial charge in [0, 0.05) is 23.3 Å². The zero-order chi connectivity index (χ0) is 21.1. The fourth-order valence-electron chi connectivity index (χ4n) is 3.01. The van der Waals surface area contributed by atoms with E-state index in [2.05, 4.69) is 10.3 Å². The summed E-state index contributed by atoms with van der Waals surface area (Å²) in [6, 6.07) is 18.0. The van der Waals surface area contributed by atoms with Crippen molar-refractivity contribution in [2.24, 2.45) is 0 Å². The number of hydrogen-bond acceptors (Lipinski definition) is 6. The average Bonchev–Trinajstić information content (AvgIpc) is 2.75. The maximum Gasteiger partial charge on any atom is 0.259 e. The van der Waals surface area contributed by atoms with Crippen molar-refractivity contribution in [3.8, 4) is 28.7 Å². The summed E-state index contributed by atoms with van der Waals surface area (Å²) in [6.45, 7) is 0. The van der Waals surface area contributed by atoms with Crippen LogP contribution in [-0.4, -0.2) is 28.2 Å². The van der Waals surface area contributed by atoms with Gasteiger partial charge in [-0.25, -0.2) is 0 Å². The van der Waals surface area contributed by atoms with Crippen LogP contribution in [0.25, 0.3) is 10.9 Å². The number of hydrogen-bond donors (Lipinski definition) is 3. The van der Waals surface area contributed by atoms with Gasteiger partial charge < -0.3 is 25.0 Å². The lowest BCUT2D eigenvalue weighted by Crippen LogP contribution is -2.13. The molecule has 0 atom stereocenters. The van der Waals surface area contributed by atoms with Gasteiger partial charge in [-0.15, -0.1) is 0 Å². The van der Waals surface area contributed by atoms with Crippen LogP contribution >= 0.6 is 0 Å². The second-order valence-corrected chi connectivity index (χ2v) is 6.45. The second-order valence-electron chi connectivity index (χ2n) is 6.45. The quantitative estimate of drug-likeness (QED) is 0.447. The minimum Gasteiger partial charge on any atom is -0.508 e. The molecule has 3 N–H and O–H groups in total. The number of phenolic OH excluding ortho intramolecular Hbond substituents is 2. The number of aromatic hydroxyl groups is 2. The van der Waals surface area contributed by atoms with E-state index in [0.29, 0.717) is 22.3 Å². The van der Waals surface area contributed by atoms with Crippen molar-refractivity contribution in [2.75, 3.05) is 12.4 Å². The van der Waals surface area contributed by atoms with Gasteiger partial charge in [0.2, 0.25) is 0 Å². The molecule has 0 aliphatic rings. The number of carbonyl (C=O) groups is 1. The molecule has 7 nitrogen and oxygen atoms in total. The molecule has 0 radical (unpaired) electrons. The Morgan fingerprint density at radius 2 is 1.73 bits per heavy atom. The zero-order valence-electron chi connectivity index (χ0n) is 16.0. The highest BCUT2D eigenvalue weighted by atomic mass is 16.5. The largest absolute Gasteiger partial charge is 0.508 e. The smallest absolute Gasteiger partial charge is 0.259 e. The summed E-state index contributed by atoms with van der Waals surface area (Å²) in [7, 11) is 1.45. The van der Waals surface area contributed by atoms with Gasteiger partial charge in [0.05, 0.1) is 18.2 Å². The molecule has 0 saturated heterocycles. The molecule has 1 amide bonds. The maximum absolute atomic E-state index is 12.8. The number of phenols is 2. The molecule has 30 heavy (non-hydrogen) atoms. The van der Waals surface area contributed by atoms with Crippen LogP contribution in [0.5, 0.6) is 28.7 Å². The molecular weight excluding hydrogens is 384 g/mol. The first kappa shape index (κ1) is 19.1. The lowest BCUT2D eigenvalue weighted by atomic mass is 10.1. The van der Waals surface area contributed by atoms with E-state index in [0.717, 1.165) is 0 Å². The van der Waals surface area contributed by atoms with Crippen LogP contribution in [0, 0.1) is 0 Å². The highest BCUT2D eigenvalue weighted by Crippen LogP contribution is 2.37. The second kappa shape index (κ2) is 8.00. The number of rotatable bonds is 5. The number of benzene rings is 3. The molecule has 0 bridgehead atoms. The van der Waals surface area contributed by atoms with Gasteiger partial charge in [-0.2, -0.15) is 0 Å². The maximum atomic E-state index is 12.8. The van der Waals surface area contributed by atoms with E-state index in [-0.39, 0.29) is 28.6 Å². The van der Waals surface area contributed by atoms with E-state index in [1.807, 2.05) is 6.07 Å². The van der Waals surface area contributed by atoms with Crippen molar-refractivity contribution < 1.29 is 24.5 Å². The van der Waals surface area contributed by atoms with Crippen LogP contribution in [0.1, 0.15) is 10.4 Å². The van der Waals surface area contributed by atoms with Crippen LogP contribution in [0.15, 0.2) is 72.9 Å². The summed E-state index contributed by atoms with van der Waals surface area (Å²) in [4.78, 5) is 17.1. The van der Waals surface area contributed by atoms with E-state index in [9.17, 15) is 15.0 Å². The number of amides is 1. The SMILES string of the molecule is COc1cc2c(Oc3ccc(O)cc3C(=O)Nc3ccccc3)ccnc2cc1O. The molecule has 4 aromatic rings. The van der Waals surface area contributed by atoms with Gasteiger partial charge in [0.1, 0.15) is 17.2 Å². The zero-order valence-corrected chi connectivity index (χ0v) is 16.0. The number of fused-ring (bicyclic) bond motifs is 1. The first-order chi connectivity index (χ1) is 14.5. The lowest BCUT2D eigenvalue weighted by molar-refractivity contribution is 0.102. The van der Waals surface area contributed by atoms with Crippen molar-refractivity contribution in [3.05, 3.63) is 78.5 Å². The summed E-state index contributed by atoms with van der Waals surface area (Å²) in [6.07, 6.45) is 1.54. The molecule has 0 spiro atoms. The van der Waals surface area contributed by atoms with E-state index >= 15 is 0 Å². The molecule has 4 rings (SSSR count). The van der Waals surface area contributed by atoms with E-state index in [1.165, 1.54) is 37.6 Å². The van der Waals surface area contributed by atoms with Crippen molar-refractivity contribution in [2.45, 2.75) is 0 Å².